The summed E-state index contributed by atoms with van der Waals surface area (Å²) in [7, 11) is 0. The first kappa shape index (κ1) is 11.5. The van der Waals surface area contributed by atoms with Crippen molar-refractivity contribution in [2.45, 2.75) is 6.18 Å². The number of hydrogen-bond donors (Lipinski definition) is 4. The third-order valence-corrected chi connectivity index (χ3v) is 0.305. The van der Waals surface area contributed by atoms with E-state index < -0.39 is 12.0 Å². The van der Waals surface area contributed by atoms with Crippen LogP contribution < -0.4 is 11.5 Å². The molecule has 0 aromatic heterocycles. The molecule has 7 heteroatoms. The molecule has 0 atom stereocenters. The number of nitrogens with two attached hydrogens (primary N) is 2. The predicted octanol–water partition coefficient (Wildman–Crippen LogP) is 0.0368. The van der Waals surface area contributed by atoms with E-state index in [0.29, 0.717) is 0 Å². The molecule has 0 aliphatic rings. The molecule has 60 valence electrons. The molecule has 10 heavy (non-hydrogen) atoms. The van der Waals surface area contributed by atoms with Crippen LogP contribution in [-0.4, -0.2) is 18.4 Å². The first-order chi connectivity index (χ1) is 4.36. The van der Waals surface area contributed by atoms with Crippen molar-refractivity contribution in [2.24, 2.45) is 11.5 Å². The van der Waals surface area contributed by atoms with E-state index in [4.69, 9.17) is 10.8 Å². The summed E-state index contributed by atoms with van der Waals surface area (Å²) in [4.78, 5) is 0. The Hall–Kier alpha value is -1.27. The molecule has 0 aliphatic carbocycles. The molecule has 0 rings (SSSR count). The molecular formula is C3H7F3N4. The van der Waals surface area contributed by atoms with Crippen molar-refractivity contribution in [1.29, 1.82) is 10.8 Å². The van der Waals surface area contributed by atoms with Gasteiger partial charge in [0.15, 0.2) is 5.84 Å². The Morgan fingerprint density at radius 3 is 1.50 bits per heavy atom. The van der Waals surface area contributed by atoms with E-state index in [0.717, 1.165) is 6.34 Å². The molecule has 0 bridgehead atoms. The van der Waals surface area contributed by atoms with Gasteiger partial charge in [-0.3, -0.25) is 10.8 Å². The van der Waals surface area contributed by atoms with Gasteiger partial charge in [-0.2, -0.15) is 13.2 Å². The van der Waals surface area contributed by atoms with Crippen molar-refractivity contribution in [3.8, 4) is 0 Å². The first-order valence-corrected chi connectivity index (χ1v) is 1.98. The summed E-state index contributed by atoms with van der Waals surface area (Å²) in [6.07, 6.45) is -3.89. The number of amidine groups is 1. The molecule has 0 fully saturated rings. The largest absolute Gasteiger partial charge is 0.448 e. The zero-order chi connectivity index (χ0) is 8.78. The Morgan fingerprint density at radius 2 is 1.50 bits per heavy atom. The highest BCUT2D eigenvalue weighted by Crippen LogP contribution is 2.12. The van der Waals surface area contributed by atoms with Crippen LogP contribution in [0, 0.1) is 10.8 Å². The van der Waals surface area contributed by atoms with E-state index in [-0.39, 0.29) is 0 Å². The van der Waals surface area contributed by atoms with Gasteiger partial charge in [-0.1, -0.05) is 0 Å². The van der Waals surface area contributed by atoms with Crippen molar-refractivity contribution < 1.29 is 13.2 Å². The average molecular weight is 156 g/mol. The van der Waals surface area contributed by atoms with Gasteiger partial charge < -0.3 is 11.5 Å². The van der Waals surface area contributed by atoms with Crippen LogP contribution in [0.4, 0.5) is 13.2 Å². The van der Waals surface area contributed by atoms with E-state index in [1.165, 1.54) is 0 Å². The van der Waals surface area contributed by atoms with Gasteiger partial charge in [-0.25, -0.2) is 0 Å². The van der Waals surface area contributed by atoms with E-state index in [1.54, 1.807) is 0 Å². The van der Waals surface area contributed by atoms with Crippen molar-refractivity contribution >= 4 is 12.2 Å². The highest BCUT2D eigenvalue weighted by molar-refractivity contribution is 5.82. The Labute approximate surface area is 55.0 Å². The molecule has 0 aromatic rings. The van der Waals surface area contributed by atoms with Crippen LogP contribution in [0.3, 0.4) is 0 Å². The molecule has 6 N–H and O–H groups in total. The maximum atomic E-state index is 10.8. The van der Waals surface area contributed by atoms with Crippen molar-refractivity contribution in [1.82, 2.24) is 0 Å². The molecule has 0 unspecified atom stereocenters. The summed E-state index contributed by atoms with van der Waals surface area (Å²) in [5.74, 6) is -1.76. The molecule has 4 nitrogen and oxygen atoms in total. The fourth-order valence-electron chi connectivity index (χ4n) is 0. The van der Waals surface area contributed by atoms with Gasteiger partial charge in [0.1, 0.15) is 0 Å². The van der Waals surface area contributed by atoms with Gasteiger partial charge >= 0.3 is 6.18 Å². The van der Waals surface area contributed by atoms with Gasteiger partial charge in [0, 0.05) is 0 Å². The second-order valence-electron chi connectivity index (χ2n) is 1.08. The summed E-state index contributed by atoms with van der Waals surface area (Å²) >= 11 is 0. The van der Waals surface area contributed by atoms with Crippen LogP contribution in [-0.2, 0) is 0 Å². The Balaban J connectivity index is 0. The third-order valence-electron chi connectivity index (χ3n) is 0.305. The number of rotatable bonds is 0. The van der Waals surface area contributed by atoms with Gasteiger partial charge in [-0.15, -0.1) is 0 Å². The summed E-state index contributed by atoms with van der Waals surface area (Å²) in [6, 6.07) is 0. The predicted molar refractivity (Wildman–Crippen MR) is 30.9 cm³/mol. The lowest BCUT2D eigenvalue weighted by atomic mass is 10.6. The highest BCUT2D eigenvalue weighted by Gasteiger charge is 2.31. The maximum Gasteiger partial charge on any atom is 0.448 e. The fraction of sp³-hybridized carbons (Fsp3) is 0.333. The minimum absolute atomic E-state index is 0.750. The van der Waals surface area contributed by atoms with Gasteiger partial charge in [0.05, 0.1) is 6.34 Å². The molecule has 0 spiro atoms. The van der Waals surface area contributed by atoms with Crippen LogP contribution in [0.25, 0.3) is 0 Å². The van der Waals surface area contributed by atoms with Crippen LogP contribution in [0.15, 0.2) is 0 Å². The zero-order valence-electron chi connectivity index (χ0n) is 4.87. The molecular weight excluding hydrogens is 149 g/mol. The molecule has 0 radical (unpaired) electrons. The summed E-state index contributed by atoms with van der Waals surface area (Å²) in [5.41, 5.74) is 8.42. The van der Waals surface area contributed by atoms with E-state index in [1.807, 2.05) is 0 Å². The maximum absolute atomic E-state index is 10.8. The normalized spacial score (nSPS) is 9.10. The first-order valence-electron chi connectivity index (χ1n) is 1.98. The number of halogens is 3. The average Bonchev–Trinajstić information content (AvgIpc) is 1.64. The molecule has 0 aliphatic heterocycles. The molecule has 0 saturated carbocycles. The Kier molecular flexibility index (Phi) is 5.29. The number of alkyl halides is 3. The summed E-state index contributed by atoms with van der Waals surface area (Å²) in [6.45, 7) is 0. The SMILES string of the molecule is N=C(N)C(F)(F)F.N=CN. The van der Waals surface area contributed by atoms with E-state index in [2.05, 4.69) is 11.5 Å². The molecule has 0 aromatic carbocycles. The molecule has 0 saturated heterocycles. The summed E-state index contributed by atoms with van der Waals surface area (Å²) in [5, 5.41) is 11.7. The van der Waals surface area contributed by atoms with Crippen molar-refractivity contribution in [3.05, 3.63) is 0 Å². The Morgan fingerprint density at radius 1 is 1.40 bits per heavy atom. The minimum atomic E-state index is -4.64. The lowest BCUT2D eigenvalue weighted by Gasteiger charge is -1.98. The van der Waals surface area contributed by atoms with Crippen LogP contribution in [0.2, 0.25) is 0 Å². The molecule has 0 amide bonds. The second kappa shape index (κ2) is 4.59. The molecule has 0 heterocycles. The number of hydrogen-bond acceptors (Lipinski definition) is 2. The van der Waals surface area contributed by atoms with E-state index in [9.17, 15) is 13.2 Å². The topological polar surface area (TPSA) is 99.7 Å². The van der Waals surface area contributed by atoms with Gasteiger partial charge in [-0.05, 0) is 0 Å². The van der Waals surface area contributed by atoms with Crippen molar-refractivity contribution in [2.75, 3.05) is 0 Å². The standard InChI is InChI=1S/C2H3F3N2.CH4N2/c3-2(4,5)1(6)7;2-1-3/h(H3,6,7);1H,(H3,2,3). The summed E-state index contributed by atoms with van der Waals surface area (Å²) < 4.78 is 32.5. The van der Waals surface area contributed by atoms with Crippen molar-refractivity contribution in [3.63, 3.8) is 0 Å². The van der Waals surface area contributed by atoms with Crippen LogP contribution in [0.1, 0.15) is 0 Å². The van der Waals surface area contributed by atoms with Gasteiger partial charge in [0.25, 0.3) is 0 Å². The highest BCUT2D eigenvalue weighted by atomic mass is 19.4. The van der Waals surface area contributed by atoms with Gasteiger partial charge in [0.2, 0.25) is 0 Å². The smallest absolute Gasteiger partial charge is 0.390 e. The van der Waals surface area contributed by atoms with Crippen LogP contribution in [0.5, 0.6) is 0 Å². The van der Waals surface area contributed by atoms with Crippen LogP contribution >= 0.6 is 0 Å². The van der Waals surface area contributed by atoms with E-state index >= 15 is 0 Å². The number of nitrogens with one attached hydrogen (secondary N) is 2. The fourth-order valence-corrected chi connectivity index (χ4v) is 0. The lowest BCUT2D eigenvalue weighted by molar-refractivity contribution is -0.0606. The lowest BCUT2D eigenvalue weighted by Crippen LogP contribution is -2.29. The quantitative estimate of drug-likeness (QED) is 0.294. The second-order valence-corrected chi connectivity index (χ2v) is 1.08. The minimum Gasteiger partial charge on any atom is -0.390 e. The third kappa shape index (κ3) is 9.88. The Bertz CT molecular complexity index is 117. The zero-order valence-corrected chi connectivity index (χ0v) is 4.87. The monoisotopic (exact) mass is 156 g/mol.